The maximum atomic E-state index is 10.6. The van der Waals surface area contributed by atoms with Crippen molar-refractivity contribution in [1.29, 1.82) is 0 Å². The second-order valence-corrected chi connectivity index (χ2v) is 4.90. The van der Waals surface area contributed by atoms with Gasteiger partial charge in [0, 0.05) is 11.3 Å². The van der Waals surface area contributed by atoms with E-state index in [1.165, 1.54) is 0 Å². The van der Waals surface area contributed by atoms with Crippen LogP contribution in [0.4, 0.5) is 5.82 Å². The summed E-state index contributed by atoms with van der Waals surface area (Å²) in [5.41, 5.74) is 0. The summed E-state index contributed by atoms with van der Waals surface area (Å²) < 4.78 is 0. The minimum atomic E-state index is -0.901. The number of aryl methyl sites for hydroxylation is 2. The lowest BCUT2D eigenvalue weighted by Crippen LogP contribution is -2.14. The van der Waals surface area contributed by atoms with Gasteiger partial charge in [-0.3, -0.25) is 4.79 Å². The normalized spacial score (nSPS) is 10.7. The van der Waals surface area contributed by atoms with Crippen LogP contribution in [0.25, 0.3) is 10.2 Å². The zero-order chi connectivity index (χ0) is 12.4. The van der Waals surface area contributed by atoms with Crippen LogP contribution in [0, 0.1) is 6.92 Å². The number of fused-ring (bicyclic) bond motifs is 1. The van der Waals surface area contributed by atoms with Gasteiger partial charge in [-0.15, -0.1) is 11.3 Å². The molecular weight excluding hydrogens is 238 g/mol. The van der Waals surface area contributed by atoms with E-state index in [1.54, 1.807) is 11.3 Å². The Hall–Kier alpha value is -1.69. The number of nitrogens with zero attached hydrogens (tertiary/aromatic N) is 2. The van der Waals surface area contributed by atoms with Crippen molar-refractivity contribution in [3.8, 4) is 0 Å². The van der Waals surface area contributed by atoms with E-state index < -0.39 is 5.97 Å². The predicted molar refractivity (Wildman–Crippen MR) is 67.7 cm³/mol. The van der Waals surface area contributed by atoms with Gasteiger partial charge < -0.3 is 10.4 Å². The molecule has 0 saturated carbocycles. The Morgan fingerprint density at radius 2 is 2.29 bits per heavy atom. The molecule has 2 aromatic heterocycles. The Balaban J connectivity index is 2.46. The Morgan fingerprint density at radius 1 is 1.53 bits per heavy atom. The van der Waals surface area contributed by atoms with E-state index in [0.717, 1.165) is 27.3 Å². The van der Waals surface area contributed by atoms with Crippen LogP contribution in [0.1, 0.15) is 17.6 Å². The van der Waals surface area contributed by atoms with E-state index in [-0.39, 0.29) is 6.54 Å². The molecule has 2 N–H and O–H groups in total. The van der Waals surface area contributed by atoms with Crippen molar-refractivity contribution in [2.24, 2.45) is 0 Å². The van der Waals surface area contributed by atoms with Crippen LogP contribution in [0.3, 0.4) is 0 Å². The van der Waals surface area contributed by atoms with E-state index in [4.69, 9.17) is 5.11 Å². The first kappa shape index (κ1) is 11.8. The van der Waals surface area contributed by atoms with Crippen LogP contribution in [-0.2, 0) is 11.2 Å². The van der Waals surface area contributed by atoms with Gasteiger partial charge in [0.25, 0.3) is 0 Å². The highest BCUT2D eigenvalue weighted by Crippen LogP contribution is 2.28. The largest absolute Gasteiger partial charge is 0.480 e. The van der Waals surface area contributed by atoms with E-state index in [0.29, 0.717) is 5.82 Å². The van der Waals surface area contributed by atoms with Gasteiger partial charge in [0.15, 0.2) is 0 Å². The number of rotatable bonds is 4. The highest BCUT2D eigenvalue weighted by atomic mass is 32.1. The zero-order valence-corrected chi connectivity index (χ0v) is 10.5. The molecule has 2 rings (SSSR count). The van der Waals surface area contributed by atoms with Gasteiger partial charge in [-0.25, -0.2) is 9.97 Å². The first-order valence-electron chi connectivity index (χ1n) is 5.33. The molecule has 2 heterocycles. The van der Waals surface area contributed by atoms with Crippen LogP contribution >= 0.6 is 11.3 Å². The maximum Gasteiger partial charge on any atom is 0.322 e. The second-order valence-electron chi connectivity index (χ2n) is 3.67. The summed E-state index contributed by atoms with van der Waals surface area (Å²) >= 11 is 1.59. The lowest BCUT2D eigenvalue weighted by Gasteiger charge is -2.05. The molecule has 0 radical (unpaired) electrons. The molecule has 2 aromatic rings. The Labute approximate surface area is 103 Å². The number of anilines is 1. The third-order valence-corrected chi connectivity index (χ3v) is 3.23. The molecule has 17 heavy (non-hydrogen) atoms. The molecule has 0 aliphatic rings. The summed E-state index contributed by atoms with van der Waals surface area (Å²) in [6.07, 6.45) is 0.731. The number of thiophene rings is 1. The third kappa shape index (κ3) is 2.52. The van der Waals surface area contributed by atoms with Crippen molar-refractivity contribution in [1.82, 2.24) is 9.97 Å². The summed E-state index contributed by atoms with van der Waals surface area (Å²) in [6.45, 7) is 3.84. The van der Waals surface area contributed by atoms with E-state index >= 15 is 0 Å². The van der Waals surface area contributed by atoms with Gasteiger partial charge in [-0.05, 0) is 13.0 Å². The summed E-state index contributed by atoms with van der Waals surface area (Å²) in [7, 11) is 0. The van der Waals surface area contributed by atoms with Crippen LogP contribution in [0.15, 0.2) is 6.07 Å². The molecule has 90 valence electrons. The van der Waals surface area contributed by atoms with Crippen LogP contribution in [-0.4, -0.2) is 27.6 Å². The molecule has 5 nitrogen and oxygen atoms in total. The standard InChI is InChI=1S/C11H13N3O2S/c1-3-8-13-10(12-5-9(15)16)7-4-6(2)17-11(7)14-8/h4H,3,5H2,1-2H3,(H,15,16)(H,12,13,14). The van der Waals surface area contributed by atoms with Crippen LogP contribution in [0.5, 0.6) is 0 Å². The smallest absolute Gasteiger partial charge is 0.322 e. The summed E-state index contributed by atoms with van der Waals surface area (Å²) in [4.78, 5) is 21.4. The van der Waals surface area contributed by atoms with Gasteiger partial charge in [0.2, 0.25) is 0 Å². The third-order valence-electron chi connectivity index (χ3n) is 2.29. The van der Waals surface area contributed by atoms with Gasteiger partial charge >= 0.3 is 5.97 Å². The van der Waals surface area contributed by atoms with Crippen molar-refractivity contribution in [2.45, 2.75) is 20.3 Å². The lowest BCUT2D eigenvalue weighted by atomic mass is 10.3. The molecule has 6 heteroatoms. The van der Waals surface area contributed by atoms with Gasteiger partial charge in [0.1, 0.15) is 23.0 Å². The summed E-state index contributed by atoms with van der Waals surface area (Å²) in [6, 6.07) is 1.98. The number of carbonyl (C=O) groups is 1. The first-order valence-corrected chi connectivity index (χ1v) is 6.14. The molecule has 0 atom stereocenters. The number of hydrogen-bond donors (Lipinski definition) is 2. The van der Waals surface area contributed by atoms with Gasteiger partial charge in [-0.2, -0.15) is 0 Å². The topological polar surface area (TPSA) is 75.1 Å². The van der Waals surface area contributed by atoms with Crippen molar-refractivity contribution in [3.05, 3.63) is 16.8 Å². The number of aliphatic carboxylic acids is 1. The predicted octanol–water partition coefficient (Wildman–Crippen LogP) is 2.06. The molecule has 0 fully saturated rings. The zero-order valence-electron chi connectivity index (χ0n) is 9.65. The molecule has 0 unspecified atom stereocenters. The van der Waals surface area contributed by atoms with Crippen LogP contribution in [0.2, 0.25) is 0 Å². The average molecular weight is 251 g/mol. The molecule has 0 saturated heterocycles. The molecule has 0 aliphatic heterocycles. The summed E-state index contributed by atoms with van der Waals surface area (Å²) in [5, 5.41) is 12.4. The van der Waals surface area contributed by atoms with Crippen molar-refractivity contribution < 1.29 is 9.90 Å². The first-order chi connectivity index (χ1) is 8.10. The molecular formula is C11H13N3O2S. The molecule has 0 spiro atoms. The number of aromatic nitrogens is 2. The Bertz CT molecular complexity index is 565. The lowest BCUT2D eigenvalue weighted by molar-refractivity contribution is -0.134. The van der Waals surface area contributed by atoms with Gasteiger partial charge in [0.05, 0.1) is 5.39 Å². The van der Waals surface area contributed by atoms with Crippen molar-refractivity contribution in [2.75, 3.05) is 11.9 Å². The summed E-state index contributed by atoms with van der Waals surface area (Å²) in [5.74, 6) is 0.438. The van der Waals surface area contributed by atoms with E-state index in [9.17, 15) is 4.79 Å². The minimum absolute atomic E-state index is 0.135. The molecule has 0 amide bonds. The number of hydrogen-bond acceptors (Lipinski definition) is 5. The second kappa shape index (κ2) is 4.67. The highest BCUT2D eigenvalue weighted by molar-refractivity contribution is 7.18. The SMILES string of the molecule is CCc1nc(NCC(=O)O)c2cc(C)sc2n1. The maximum absolute atomic E-state index is 10.6. The number of nitrogens with one attached hydrogen (secondary N) is 1. The van der Waals surface area contributed by atoms with E-state index in [1.807, 2.05) is 19.9 Å². The van der Waals surface area contributed by atoms with Crippen molar-refractivity contribution >= 4 is 33.3 Å². The Morgan fingerprint density at radius 3 is 2.94 bits per heavy atom. The Kier molecular flexibility index (Phi) is 3.23. The quantitative estimate of drug-likeness (QED) is 0.870. The minimum Gasteiger partial charge on any atom is -0.480 e. The fourth-order valence-corrected chi connectivity index (χ4v) is 2.44. The number of carboxylic acids is 1. The monoisotopic (exact) mass is 251 g/mol. The molecule has 0 bridgehead atoms. The fraction of sp³-hybridized carbons (Fsp3) is 0.364. The highest BCUT2D eigenvalue weighted by Gasteiger charge is 2.10. The fourth-order valence-electron chi connectivity index (χ4n) is 1.54. The van der Waals surface area contributed by atoms with Crippen molar-refractivity contribution in [3.63, 3.8) is 0 Å². The average Bonchev–Trinajstić information content (AvgIpc) is 2.65. The molecule has 0 aliphatic carbocycles. The number of carboxylic acid groups (broad SMARTS) is 1. The van der Waals surface area contributed by atoms with Crippen LogP contribution < -0.4 is 5.32 Å². The molecule has 0 aromatic carbocycles. The van der Waals surface area contributed by atoms with E-state index in [2.05, 4.69) is 15.3 Å². The van der Waals surface area contributed by atoms with Gasteiger partial charge in [-0.1, -0.05) is 6.92 Å².